The fourth-order valence-electron chi connectivity index (χ4n) is 2.54. The Hall–Kier alpha value is -3.73. The summed E-state index contributed by atoms with van der Waals surface area (Å²) in [6.45, 7) is 1.87. The maximum absolute atomic E-state index is 6.09. The van der Waals surface area contributed by atoms with Gasteiger partial charge in [0.1, 0.15) is 0 Å². The predicted molar refractivity (Wildman–Crippen MR) is 115 cm³/mol. The van der Waals surface area contributed by atoms with Crippen LogP contribution >= 0.6 is 0 Å². The molecule has 0 amide bonds. The van der Waals surface area contributed by atoms with Crippen molar-refractivity contribution < 1.29 is 18.9 Å². The molecule has 5 heteroatoms. The third-order valence-electron chi connectivity index (χ3n) is 4.03. The summed E-state index contributed by atoms with van der Waals surface area (Å²) in [6.07, 6.45) is 1.59. The molecule has 3 rings (SSSR count). The van der Waals surface area contributed by atoms with Gasteiger partial charge in [0.2, 0.25) is 5.90 Å². The van der Waals surface area contributed by atoms with Crippen LogP contribution < -0.4 is 18.9 Å². The van der Waals surface area contributed by atoms with Gasteiger partial charge in [0.25, 0.3) is 0 Å². The summed E-state index contributed by atoms with van der Waals surface area (Å²) < 4.78 is 22.6. The van der Waals surface area contributed by atoms with Crippen molar-refractivity contribution in [1.82, 2.24) is 0 Å². The average Bonchev–Trinajstić information content (AvgIpc) is 2.78. The maximum Gasteiger partial charge on any atom is 0.226 e. The second kappa shape index (κ2) is 9.99. The van der Waals surface area contributed by atoms with Crippen molar-refractivity contribution in [2.24, 2.45) is 4.99 Å². The van der Waals surface area contributed by atoms with Crippen molar-refractivity contribution >= 4 is 11.6 Å². The third-order valence-corrected chi connectivity index (χ3v) is 4.03. The van der Waals surface area contributed by atoms with Crippen LogP contribution in [0.4, 0.5) is 5.69 Å². The topological polar surface area (TPSA) is 49.3 Å². The van der Waals surface area contributed by atoms with E-state index in [0.29, 0.717) is 34.5 Å². The van der Waals surface area contributed by atoms with Crippen LogP contribution in [0.5, 0.6) is 23.0 Å². The molecule has 29 heavy (non-hydrogen) atoms. The molecule has 0 aliphatic carbocycles. The fourth-order valence-corrected chi connectivity index (χ4v) is 2.54. The highest BCUT2D eigenvalue weighted by molar-refractivity contribution is 5.96. The molecule has 0 spiro atoms. The van der Waals surface area contributed by atoms with E-state index in [1.807, 2.05) is 85.8 Å². The monoisotopic (exact) mass is 389 g/mol. The molecule has 0 aliphatic rings. The highest BCUT2D eigenvalue weighted by atomic mass is 16.5. The summed E-state index contributed by atoms with van der Waals surface area (Å²) >= 11 is 0. The van der Waals surface area contributed by atoms with Crippen LogP contribution in [0.1, 0.15) is 6.92 Å². The molecule has 0 saturated heterocycles. The Morgan fingerprint density at radius 3 is 1.83 bits per heavy atom. The molecular weight excluding hydrogens is 366 g/mol. The maximum atomic E-state index is 6.09. The van der Waals surface area contributed by atoms with E-state index in [-0.39, 0.29) is 0 Å². The first-order chi connectivity index (χ1) is 14.2. The first-order valence-corrected chi connectivity index (χ1v) is 9.12. The van der Waals surface area contributed by atoms with Crippen molar-refractivity contribution in [3.8, 4) is 23.0 Å². The Labute approximate surface area is 170 Å². The van der Waals surface area contributed by atoms with Crippen LogP contribution in [0.3, 0.4) is 0 Å². The molecule has 5 nitrogen and oxygen atoms in total. The number of hydrogen-bond donors (Lipinski definition) is 0. The third kappa shape index (κ3) is 5.39. The number of ether oxygens (including phenoxy) is 4. The first-order valence-electron chi connectivity index (χ1n) is 9.12. The van der Waals surface area contributed by atoms with Crippen LogP contribution in [0.2, 0.25) is 0 Å². The molecule has 148 valence electrons. The Bertz CT molecular complexity index is 997. The average molecular weight is 389 g/mol. The van der Waals surface area contributed by atoms with Gasteiger partial charge in [-0.05, 0) is 43.3 Å². The van der Waals surface area contributed by atoms with Crippen LogP contribution in [0.15, 0.2) is 95.7 Å². The van der Waals surface area contributed by atoms with Crippen molar-refractivity contribution in [1.29, 1.82) is 0 Å². The molecule has 0 N–H and O–H groups in total. The Morgan fingerprint density at radius 1 is 0.690 bits per heavy atom. The molecular formula is C24H23NO4. The molecule has 3 aromatic carbocycles. The molecule has 0 aromatic heterocycles. The van der Waals surface area contributed by atoms with Gasteiger partial charge in [-0.25, -0.2) is 4.99 Å². The van der Waals surface area contributed by atoms with Gasteiger partial charge in [-0.15, -0.1) is 0 Å². The second-order valence-electron chi connectivity index (χ2n) is 6.08. The second-order valence-corrected chi connectivity index (χ2v) is 6.08. The van der Waals surface area contributed by atoms with Gasteiger partial charge < -0.3 is 18.9 Å². The van der Waals surface area contributed by atoms with Crippen molar-refractivity contribution in [2.75, 3.05) is 14.2 Å². The number of para-hydroxylation sites is 5. The van der Waals surface area contributed by atoms with Gasteiger partial charge >= 0.3 is 0 Å². The number of benzene rings is 3. The lowest BCUT2D eigenvalue weighted by molar-refractivity contribution is 0.376. The zero-order chi connectivity index (χ0) is 20.5. The van der Waals surface area contributed by atoms with Gasteiger partial charge in [-0.2, -0.15) is 0 Å². The van der Waals surface area contributed by atoms with Crippen molar-refractivity contribution in [2.45, 2.75) is 6.92 Å². The summed E-state index contributed by atoms with van der Waals surface area (Å²) in [5.41, 5.74) is 1.47. The van der Waals surface area contributed by atoms with E-state index in [0.717, 1.165) is 5.69 Å². The van der Waals surface area contributed by atoms with Gasteiger partial charge in [-0.3, -0.25) is 0 Å². The predicted octanol–water partition coefficient (Wildman–Crippen LogP) is 5.80. The number of methoxy groups -OCH3 is 2. The van der Waals surface area contributed by atoms with Gasteiger partial charge in [0.05, 0.1) is 26.2 Å². The Balaban J connectivity index is 1.92. The van der Waals surface area contributed by atoms with E-state index in [1.54, 1.807) is 20.5 Å². The summed E-state index contributed by atoms with van der Waals surface area (Å²) in [4.78, 5) is 4.64. The van der Waals surface area contributed by atoms with E-state index in [9.17, 15) is 0 Å². The lowest BCUT2D eigenvalue weighted by Gasteiger charge is -2.13. The lowest BCUT2D eigenvalue weighted by atomic mass is 10.3. The minimum Gasteiger partial charge on any atom is -0.493 e. The largest absolute Gasteiger partial charge is 0.493 e. The smallest absolute Gasteiger partial charge is 0.226 e. The van der Waals surface area contributed by atoms with Gasteiger partial charge in [0.15, 0.2) is 23.0 Å². The number of aliphatic imine (C=N–C) groups is 1. The molecule has 0 radical (unpaired) electrons. The van der Waals surface area contributed by atoms with Crippen LogP contribution in [0.25, 0.3) is 0 Å². The molecule has 0 saturated carbocycles. The van der Waals surface area contributed by atoms with E-state index in [1.165, 1.54) is 0 Å². The summed E-state index contributed by atoms with van der Waals surface area (Å²) in [7, 11) is 3.20. The minimum absolute atomic E-state index is 0.399. The molecule has 3 aromatic rings. The minimum atomic E-state index is 0.399. The Kier molecular flexibility index (Phi) is 6.90. The van der Waals surface area contributed by atoms with Crippen LogP contribution in [-0.4, -0.2) is 20.1 Å². The lowest BCUT2D eigenvalue weighted by Crippen LogP contribution is -2.11. The quantitative estimate of drug-likeness (QED) is 0.291. The van der Waals surface area contributed by atoms with Gasteiger partial charge in [-0.1, -0.05) is 42.5 Å². The van der Waals surface area contributed by atoms with Crippen molar-refractivity contribution in [3.05, 3.63) is 90.7 Å². The van der Waals surface area contributed by atoms with Crippen LogP contribution in [-0.2, 0) is 0 Å². The van der Waals surface area contributed by atoms with Gasteiger partial charge in [0, 0.05) is 5.57 Å². The van der Waals surface area contributed by atoms with E-state index in [2.05, 4.69) is 4.99 Å². The molecule has 0 heterocycles. The molecule has 0 bridgehead atoms. The normalized spacial score (nSPS) is 11.7. The summed E-state index contributed by atoms with van der Waals surface area (Å²) in [5.74, 6) is 2.83. The zero-order valence-corrected chi connectivity index (χ0v) is 16.7. The van der Waals surface area contributed by atoms with E-state index < -0.39 is 0 Å². The molecule has 0 atom stereocenters. The zero-order valence-electron chi connectivity index (χ0n) is 16.7. The SMILES string of the molecule is COc1ccccc1OC=C(C)/C(=N\c1ccccc1)Oc1ccccc1OC. The number of rotatable bonds is 7. The first kappa shape index (κ1) is 20.0. The fraction of sp³-hybridized carbons (Fsp3) is 0.125. The van der Waals surface area contributed by atoms with E-state index in [4.69, 9.17) is 18.9 Å². The molecule has 0 unspecified atom stereocenters. The standard InChI is InChI=1S/C24H23NO4/c1-18(17-28-22-15-9-7-13-20(22)26-2)24(25-19-11-5-4-6-12-19)29-23-16-10-8-14-21(23)27-3/h4-17H,1-3H3/b18-17?,25-24+. The summed E-state index contributed by atoms with van der Waals surface area (Å²) in [5, 5.41) is 0. The number of hydrogen-bond acceptors (Lipinski definition) is 5. The highest BCUT2D eigenvalue weighted by Crippen LogP contribution is 2.29. The number of nitrogens with zero attached hydrogens (tertiary/aromatic N) is 1. The highest BCUT2D eigenvalue weighted by Gasteiger charge is 2.12. The van der Waals surface area contributed by atoms with E-state index >= 15 is 0 Å². The van der Waals surface area contributed by atoms with Crippen LogP contribution in [0, 0.1) is 0 Å². The van der Waals surface area contributed by atoms with Crippen molar-refractivity contribution in [3.63, 3.8) is 0 Å². The molecule has 0 fully saturated rings. The Morgan fingerprint density at radius 2 is 1.21 bits per heavy atom. The summed E-state index contributed by atoms with van der Waals surface area (Å²) in [6, 6.07) is 24.4. The molecule has 0 aliphatic heterocycles.